The molecule has 174 valence electrons. The quantitative estimate of drug-likeness (QED) is 0.658. The van der Waals surface area contributed by atoms with Crippen LogP contribution in [0.2, 0.25) is 0 Å². The van der Waals surface area contributed by atoms with Crippen molar-refractivity contribution < 1.29 is 22.7 Å². The van der Waals surface area contributed by atoms with Gasteiger partial charge in [-0.2, -0.15) is 4.72 Å². The minimum atomic E-state index is -3.96. The minimum Gasteiger partial charge on any atom is -0.490 e. The first-order valence-corrected chi connectivity index (χ1v) is 13.2. The smallest absolute Gasteiger partial charge is 0.244 e. The second-order valence-electron chi connectivity index (χ2n) is 8.73. The molecule has 2 heterocycles. The van der Waals surface area contributed by atoms with Gasteiger partial charge in [0.2, 0.25) is 15.9 Å². The van der Waals surface area contributed by atoms with Crippen LogP contribution >= 0.6 is 11.3 Å². The van der Waals surface area contributed by atoms with E-state index < -0.39 is 22.0 Å². The summed E-state index contributed by atoms with van der Waals surface area (Å²) >= 11 is 1.48. The van der Waals surface area contributed by atoms with Crippen molar-refractivity contribution >= 4 is 32.4 Å². The molecule has 1 aromatic carbocycles. The van der Waals surface area contributed by atoms with Crippen molar-refractivity contribution in [2.45, 2.75) is 57.4 Å². The summed E-state index contributed by atoms with van der Waals surface area (Å²) in [4.78, 5) is 18.8. The van der Waals surface area contributed by atoms with Gasteiger partial charge in [0, 0.05) is 17.4 Å². The normalized spacial score (nSPS) is 19.2. The van der Waals surface area contributed by atoms with E-state index in [2.05, 4.69) is 21.9 Å². The SMILES string of the molecule is CC(C)[C@H](NS(=O)(=O)c1ccc2c(c1)OCCCO2)C(=O)Nc1nc2c(s1)C[C@H](C)CC2. The van der Waals surface area contributed by atoms with Crippen molar-refractivity contribution in [3.63, 3.8) is 0 Å². The fourth-order valence-electron chi connectivity index (χ4n) is 3.81. The monoisotopic (exact) mass is 479 g/mol. The van der Waals surface area contributed by atoms with Crippen LogP contribution in [0.15, 0.2) is 23.1 Å². The Kier molecular flexibility index (Phi) is 6.73. The Balaban J connectivity index is 1.50. The predicted octanol–water partition coefficient (Wildman–Crippen LogP) is 3.37. The molecule has 10 heteroatoms. The standard InChI is InChI=1S/C22H29N3O5S2/c1-13(2)20(21(26)24-22-23-16-7-5-14(3)11-19(16)31-22)25-32(27,28)15-6-8-17-18(12-15)30-10-4-9-29-17/h6,8,12-14,20,25H,4-5,7,9-11H2,1-3H3,(H,23,24,26)/t14-,20+/m1/s1. The first-order chi connectivity index (χ1) is 15.2. The molecule has 0 radical (unpaired) electrons. The van der Waals surface area contributed by atoms with Gasteiger partial charge < -0.3 is 14.8 Å². The Labute approximate surface area is 192 Å². The summed E-state index contributed by atoms with van der Waals surface area (Å²) < 4.78 is 39.9. The Morgan fingerprint density at radius 3 is 2.72 bits per heavy atom. The lowest BCUT2D eigenvalue weighted by atomic mass is 9.93. The number of aromatic nitrogens is 1. The van der Waals surface area contributed by atoms with Crippen LogP contribution in [0.3, 0.4) is 0 Å². The third-order valence-electron chi connectivity index (χ3n) is 5.68. The number of sulfonamides is 1. The number of ether oxygens (including phenoxy) is 2. The molecule has 2 N–H and O–H groups in total. The van der Waals surface area contributed by atoms with Gasteiger partial charge in [0.15, 0.2) is 16.6 Å². The molecule has 0 bridgehead atoms. The number of rotatable bonds is 6. The van der Waals surface area contributed by atoms with Crippen molar-refractivity contribution in [3.8, 4) is 11.5 Å². The lowest BCUT2D eigenvalue weighted by molar-refractivity contribution is -0.118. The number of nitrogens with zero attached hydrogens (tertiary/aromatic N) is 1. The number of thiazole rings is 1. The van der Waals surface area contributed by atoms with Crippen molar-refractivity contribution in [3.05, 3.63) is 28.8 Å². The van der Waals surface area contributed by atoms with Gasteiger partial charge in [-0.15, -0.1) is 11.3 Å². The highest BCUT2D eigenvalue weighted by molar-refractivity contribution is 7.89. The summed E-state index contributed by atoms with van der Waals surface area (Å²) in [7, 11) is -3.96. The van der Waals surface area contributed by atoms with Crippen LogP contribution in [0.1, 0.15) is 44.2 Å². The van der Waals surface area contributed by atoms with Crippen molar-refractivity contribution in [1.82, 2.24) is 9.71 Å². The summed E-state index contributed by atoms with van der Waals surface area (Å²) in [6.45, 7) is 6.79. The number of nitrogens with one attached hydrogen (secondary N) is 2. The molecule has 4 rings (SSSR count). The van der Waals surface area contributed by atoms with E-state index >= 15 is 0 Å². The Hall–Kier alpha value is -2.17. The van der Waals surface area contributed by atoms with E-state index in [0.717, 1.165) is 31.4 Å². The maximum absolute atomic E-state index is 13.1. The van der Waals surface area contributed by atoms with Gasteiger partial charge in [0.25, 0.3) is 0 Å². The van der Waals surface area contributed by atoms with Gasteiger partial charge in [-0.1, -0.05) is 20.8 Å². The summed E-state index contributed by atoms with van der Waals surface area (Å²) in [5.74, 6) is 0.828. The molecule has 1 aliphatic carbocycles. The topological polar surface area (TPSA) is 107 Å². The van der Waals surface area contributed by atoms with Crippen LogP contribution in [0.5, 0.6) is 11.5 Å². The summed E-state index contributed by atoms with van der Waals surface area (Å²) in [6.07, 6.45) is 3.69. The zero-order chi connectivity index (χ0) is 22.9. The third kappa shape index (κ3) is 5.07. The van der Waals surface area contributed by atoms with Crippen LogP contribution in [0.25, 0.3) is 0 Å². The third-order valence-corrected chi connectivity index (χ3v) is 8.15. The van der Waals surface area contributed by atoms with E-state index in [1.165, 1.54) is 28.3 Å². The molecular weight excluding hydrogens is 450 g/mol. The largest absolute Gasteiger partial charge is 0.490 e. The number of fused-ring (bicyclic) bond motifs is 2. The zero-order valence-electron chi connectivity index (χ0n) is 18.5. The number of carbonyl (C=O) groups is 1. The van der Waals surface area contributed by atoms with Crippen LogP contribution in [0, 0.1) is 11.8 Å². The molecule has 0 fully saturated rings. The van der Waals surface area contributed by atoms with E-state index in [1.54, 1.807) is 19.9 Å². The molecule has 8 nitrogen and oxygen atoms in total. The average Bonchev–Trinajstić information content (AvgIpc) is 2.97. The molecule has 2 aliphatic rings. The molecule has 0 unspecified atom stereocenters. The average molecular weight is 480 g/mol. The summed E-state index contributed by atoms with van der Waals surface area (Å²) in [5.41, 5.74) is 1.04. The highest BCUT2D eigenvalue weighted by atomic mass is 32.2. The van der Waals surface area contributed by atoms with Crippen LogP contribution in [-0.4, -0.2) is 38.6 Å². The number of hydrogen-bond acceptors (Lipinski definition) is 7. The number of aryl methyl sites for hydroxylation is 1. The number of amides is 1. The Morgan fingerprint density at radius 2 is 1.97 bits per heavy atom. The lowest BCUT2D eigenvalue weighted by Gasteiger charge is -2.21. The van der Waals surface area contributed by atoms with Gasteiger partial charge in [0.05, 0.1) is 23.8 Å². The fraction of sp³-hybridized carbons (Fsp3) is 0.545. The summed E-state index contributed by atoms with van der Waals surface area (Å²) in [5, 5.41) is 3.35. The van der Waals surface area contributed by atoms with Crippen LogP contribution in [0.4, 0.5) is 5.13 Å². The predicted molar refractivity (Wildman–Crippen MR) is 123 cm³/mol. The maximum Gasteiger partial charge on any atom is 0.244 e. The van der Waals surface area contributed by atoms with E-state index in [1.807, 2.05) is 0 Å². The van der Waals surface area contributed by atoms with Gasteiger partial charge in [0.1, 0.15) is 6.04 Å². The molecule has 0 saturated carbocycles. The second kappa shape index (κ2) is 9.36. The highest BCUT2D eigenvalue weighted by Crippen LogP contribution is 2.33. The van der Waals surface area contributed by atoms with E-state index in [9.17, 15) is 13.2 Å². The van der Waals surface area contributed by atoms with E-state index in [4.69, 9.17) is 9.47 Å². The van der Waals surface area contributed by atoms with Crippen molar-refractivity contribution in [2.24, 2.45) is 11.8 Å². The number of carbonyl (C=O) groups excluding carboxylic acids is 1. The molecule has 0 saturated heterocycles. The van der Waals surface area contributed by atoms with Gasteiger partial charge in [-0.3, -0.25) is 4.79 Å². The number of hydrogen-bond donors (Lipinski definition) is 2. The maximum atomic E-state index is 13.1. The van der Waals surface area contributed by atoms with Gasteiger partial charge in [-0.05, 0) is 43.2 Å². The molecular formula is C22H29N3O5S2. The molecule has 0 spiro atoms. The number of anilines is 1. The van der Waals surface area contributed by atoms with E-state index in [0.29, 0.717) is 35.8 Å². The molecule has 1 aromatic heterocycles. The van der Waals surface area contributed by atoms with Crippen LogP contribution in [-0.2, 0) is 27.7 Å². The van der Waals surface area contributed by atoms with Gasteiger partial charge >= 0.3 is 0 Å². The highest BCUT2D eigenvalue weighted by Gasteiger charge is 2.30. The lowest BCUT2D eigenvalue weighted by Crippen LogP contribution is -2.47. The molecule has 2 atom stereocenters. The second-order valence-corrected chi connectivity index (χ2v) is 11.5. The summed E-state index contributed by atoms with van der Waals surface area (Å²) in [6, 6.07) is 3.53. The molecule has 1 amide bonds. The minimum absolute atomic E-state index is 0.0268. The van der Waals surface area contributed by atoms with E-state index in [-0.39, 0.29) is 10.8 Å². The number of benzene rings is 1. The molecule has 2 aromatic rings. The molecule has 32 heavy (non-hydrogen) atoms. The Morgan fingerprint density at radius 1 is 1.22 bits per heavy atom. The Bertz CT molecular complexity index is 1100. The van der Waals surface area contributed by atoms with Crippen molar-refractivity contribution in [1.29, 1.82) is 0 Å². The first-order valence-electron chi connectivity index (χ1n) is 10.9. The first kappa shape index (κ1) is 23.0. The van der Waals surface area contributed by atoms with Crippen LogP contribution < -0.4 is 19.5 Å². The van der Waals surface area contributed by atoms with Crippen molar-refractivity contribution in [2.75, 3.05) is 18.5 Å². The zero-order valence-corrected chi connectivity index (χ0v) is 20.1. The fourth-order valence-corrected chi connectivity index (χ4v) is 6.35. The molecule has 1 aliphatic heterocycles. The van der Waals surface area contributed by atoms with Gasteiger partial charge in [-0.25, -0.2) is 13.4 Å².